The third kappa shape index (κ3) is 4.06. The van der Waals surface area contributed by atoms with Crippen molar-refractivity contribution in [1.82, 2.24) is 0 Å². The smallest absolute Gasteiger partial charge is 0.309 e. The van der Waals surface area contributed by atoms with Gasteiger partial charge >= 0.3 is 5.97 Å². The summed E-state index contributed by atoms with van der Waals surface area (Å²) in [4.78, 5) is 11.8. The lowest BCUT2D eigenvalue weighted by Crippen LogP contribution is -2.21. The summed E-state index contributed by atoms with van der Waals surface area (Å²) in [5, 5.41) is 0. The molecule has 0 bridgehead atoms. The molecular formula is C15H20O2. The molecule has 0 saturated carbocycles. The fraction of sp³-hybridized carbons (Fsp3) is 0.400. The SMILES string of the molecule is C=C[C@H](CC)[C@H](C)C(=O)OCc1ccccc1. The molecule has 0 radical (unpaired) electrons. The van der Waals surface area contributed by atoms with Crippen LogP contribution in [-0.4, -0.2) is 5.97 Å². The number of carbonyl (C=O) groups excluding carboxylic acids is 1. The predicted octanol–water partition coefficient (Wildman–Crippen LogP) is 3.58. The molecule has 0 aliphatic rings. The molecule has 0 unspecified atom stereocenters. The predicted molar refractivity (Wildman–Crippen MR) is 69.4 cm³/mol. The van der Waals surface area contributed by atoms with Crippen LogP contribution in [-0.2, 0) is 16.1 Å². The molecule has 0 aliphatic carbocycles. The summed E-state index contributed by atoms with van der Waals surface area (Å²) in [7, 11) is 0. The van der Waals surface area contributed by atoms with E-state index in [2.05, 4.69) is 6.58 Å². The topological polar surface area (TPSA) is 26.3 Å². The van der Waals surface area contributed by atoms with Crippen LogP contribution >= 0.6 is 0 Å². The van der Waals surface area contributed by atoms with Gasteiger partial charge in [0, 0.05) is 0 Å². The molecule has 0 heterocycles. The number of hydrogen-bond acceptors (Lipinski definition) is 2. The van der Waals surface area contributed by atoms with Gasteiger partial charge in [0.25, 0.3) is 0 Å². The molecule has 0 aliphatic heterocycles. The summed E-state index contributed by atoms with van der Waals surface area (Å²) in [6.07, 6.45) is 2.74. The van der Waals surface area contributed by atoms with Crippen molar-refractivity contribution < 1.29 is 9.53 Å². The molecule has 0 fully saturated rings. The third-order valence-corrected chi connectivity index (χ3v) is 3.01. The second kappa shape index (κ2) is 6.89. The van der Waals surface area contributed by atoms with Crippen molar-refractivity contribution in [2.45, 2.75) is 26.9 Å². The van der Waals surface area contributed by atoms with Gasteiger partial charge in [-0.3, -0.25) is 4.79 Å². The molecule has 2 atom stereocenters. The van der Waals surface area contributed by atoms with Crippen LogP contribution < -0.4 is 0 Å². The van der Waals surface area contributed by atoms with Crippen LogP contribution in [0.1, 0.15) is 25.8 Å². The number of rotatable bonds is 6. The Labute approximate surface area is 103 Å². The number of hydrogen-bond donors (Lipinski definition) is 0. The molecule has 0 amide bonds. The molecule has 1 aromatic carbocycles. The van der Waals surface area contributed by atoms with E-state index in [0.29, 0.717) is 6.61 Å². The Bertz CT molecular complexity index is 356. The van der Waals surface area contributed by atoms with Gasteiger partial charge in [-0.15, -0.1) is 6.58 Å². The third-order valence-electron chi connectivity index (χ3n) is 3.01. The Kier molecular flexibility index (Phi) is 5.47. The number of esters is 1. The van der Waals surface area contributed by atoms with Crippen LogP contribution in [0.25, 0.3) is 0 Å². The van der Waals surface area contributed by atoms with E-state index in [1.165, 1.54) is 0 Å². The van der Waals surface area contributed by atoms with E-state index in [0.717, 1.165) is 12.0 Å². The fourth-order valence-electron chi connectivity index (χ4n) is 1.76. The van der Waals surface area contributed by atoms with Crippen molar-refractivity contribution >= 4 is 5.97 Å². The first kappa shape index (κ1) is 13.5. The normalized spacial score (nSPS) is 13.8. The lowest BCUT2D eigenvalue weighted by molar-refractivity contribution is -0.150. The molecule has 0 aromatic heterocycles. The van der Waals surface area contributed by atoms with Crippen molar-refractivity contribution in [3.8, 4) is 0 Å². The van der Waals surface area contributed by atoms with Gasteiger partial charge in [0.15, 0.2) is 0 Å². The van der Waals surface area contributed by atoms with E-state index in [9.17, 15) is 4.79 Å². The Hall–Kier alpha value is -1.57. The fourth-order valence-corrected chi connectivity index (χ4v) is 1.76. The number of ether oxygens (including phenoxy) is 1. The summed E-state index contributed by atoms with van der Waals surface area (Å²) in [6, 6.07) is 9.71. The van der Waals surface area contributed by atoms with Crippen LogP contribution in [0, 0.1) is 11.8 Å². The number of carbonyl (C=O) groups is 1. The van der Waals surface area contributed by atoms with Crippen molar-refractivity contribution in [3.63, 3.8) is 0 Å². The van der Waals surface area contributed by atoms with E-state index < -0.39 is 0 Å². The van der Waals surface area contributed by atoms with Crippen molar-refractivity contribution in [2.24, 2.45) is 11.8 Å². The van der Waals surface area contributed by atoms with E-state index in [1.54, 1.807) is 0 Å². The number of benzene rings is 1. The van der Waals surface area contributed by atoms with E-state index in [1.807, 2.05) is 50.3 Å². The summed E-state index contributed by atoms with van der Waals surface area (Å²) in [6.45, 7) is 8.03. The van der Waals surface area contributed by atoms with E-state index >= 15 is 0 Å². The second-order valence-corrected chi connectivity index (χ2v) is 4.19. The quantitative estimate of drug-likeness (QED) is 0.553. The maximum absolute atomic E-state index is 11.8. The molecule has 0 N–H and O–H groups in total. The lowest BCUT2D eigenvalue weighted by Gasteiger charge is -2.17. The standard InChI is InChI=1S/C15H20O2/c1-4-14(5-2)12(3)15(16)17-11-13-9-7-6-8-10-13/h4,6-10,12,14H,1,5,11H2,2-3H3/t12-,14+/m0/s1. The first-order valence-electron chi connectivity index (χ1n) is 6.02. The van der Waals surface area contributed by atoms with Gasteiger partial charge in [-0.25, -0.2) is 0 Å². The highest BCUT2D eigenvalue weighted by molar-refractivity contribution is 5.72. The van der Waals surface area contributed by atoms with Crippen molar-refractivity contribution in [2.75, 3.05) is 0 Å². The minimum Gasteiger partial charge on any atom is -0.461 e. The second-order valence-electron chi connectivity index (χ2n) is 4.19. The molecule has 1 rings (SSSR count). The minimum absolute atomic E-state index is 0.124. The van der Waals surface area contributed by atoms with Crippen LogP contribution in [0.5, 0.6) is 0 Å². The Morgan fingerprint density at radius 2 is 2.06 bits per heavy atom. The molecule has 1 aromatic rings. The average Bonchev–Trinajstić information content (AvgIpc) is 2.38. The minimum atomic E-state index is -0.152. The van der Waals surface area contributed by atoms with Gasteiger partial charge in [-0.1, -0.05) is 50.3 Å². The largest absolute Gasteiger partial charge is 0.461 e. The van der Waals surface area contributed by atoms with Crippen LogP contribution in [0.15, 0.2) is 43.0 Å². The highest BCUT2D eigenvalue weighted by atomic mass is 16.5. The monoisotopic (exact) mass is 232 g/mol. The van der Waals surface area contributed by atoms with Crippen LogP contribution in [0.3, 0.4) is 0 Å². The lowest BCUT2D eigenvalue weighted by atomic mass is 9.92. The van der Waals surface area contributed by atoms with Gasteiger partial charge in [-0.2, -0.15) is 0 Å². The van der Waals surface area contributed by atoms with Crippen molar-refractivity contribution in [3.05, 3.63) is 48.6 Å². The molecule has 2 heteroatoms. The van der Waals surface area contributed by atoms with E-state index in [-0.39, 0.29) is 17.8 Å². The van der Waals surface area contributed by atoms with Crippen molar-refractivity contribution in [1.29, 1.82) is 0 Å². The van der Waals surface area contributed by atoms with Crippen LogP contribution in [0.4, 0.5) is 0 Å². The van der Waals surface area contributed by atoms with E-state index in [4.69, 9.17) is 4.74 Å². The Morgan fingerprint density at radius 1 is 1.41 bits per heavy atom. The average molecular weight is 232 g/mol. The summed E-state index contributed by atoms with van der Waals surface area (Å²) >= 11 is 0. The van der Waals surface area contributed by atoms with Gasteiger partial charge in [0.05, 0.1) is 5.92 Å². The zero-order valence-corrected chi connectivity index (χ0v) is 10.6. The Balaban J connectivity index is 2.47. The molecule has 0 saturated heterocycles. The van der Waals surface area contributed by atoms with Crippen LogP contribution in [0.2, 0.25) is 0 Å². The molecule has 92 valence electrons. The van der Waals surface area contributed by atoms with Gasteiger partial charge in [0.2, 0.25) is 0 Å². The highest BCUT2D eigenvalue weighted by Crippen LogP contribution is 2.18. The summed E-state index contributed by atoms with van der Waals surface area (Å²) in [5.41, 5.74) is 1.01. The molecule has 17 heavy (non-hydrogen) atoms. The summed E-state index contributed by atoms with van der Waals surface area (Å²) < 4.78 is 5.29. The highest BCUT2D eigenvalue weighted by Gasteiger charge is 2.21. The molecule has 0 spiro atoms. The maximum Gasteiger partial charge on any atom is 0.309 e. The first-order chi connectivity index (χ1) is 8.19. The number of allylic oxidation sites excluding steroid dienone is 1. The first-order valence-corrected chi connectivity index (χ1v) is 6.02. The van der Waals surface area contributed by atoms with Gasteiger partial charge < -0.3 is 4.74 Å². The maximum atomic E-state index is 11.8. The zero-order chi connectivity index (χ0) is 12.7. The molecule has 2 nitrogen and oxygen atoms in total. The Morgan fingerprint density at radius 3 is 2.59 bits per heavy atom. The molecular weight excluding hydrogens is 212 g/mol. The van der Waals surface area contributed by atoms with Gasteiger partial charge in [0.1, 0.15) is 6.61 Å². The zero-order valence-electron chi connectivity index (χ0n) is 10.6. The summed E-state index contributed by atoms with van der Waals surface area (Å²) in [5.74, 6) is -0.0833. The van der Waals surface area contributed by atoms with Gasteiger partial charge in [-0.05, 0) is 17.9 Å².